The lowest BCUT2D eigenvalue weighted by molar-refractivity contribution is 0.413. The van der Waals surface area contributed by atoms with Crippen molar-refractivity contribution in [3.05, 3.63) is 76.7 Å². The molecule has 0 saturated carbocycles. The third-order valence-corrected chi connectivity index (χ3v) is 5.80. The molecule has 1 aliphatic rings. The fourth-order valence-corrected chi connectivity index (χ4v) is 4.20. The average molecular weight is 411 g/mol. The predicted molar refractivity (Wildman–Crippen MR) is 116 cm³/mol. The highest BCUT2D eigenvalue weighted by Crippen LogP contribution is 2.36. The van der Waals surface area contributed by atoms with Crippen LogP contribution in [0.15, 0.2) is 54.7 Å². The first-order valence-electron chi connectivity index (χ1n) is 9.89. The summed E-state index contributed by atoms with van der Waals surface area (Å²) < 4.78 is 20.9. The van der Waals surface area contributed by atoms with E-state index in [1.54, 1.807) is 25.3 Å². The van der Waals surface area contributed by atoms with Crippen molar-refractivity contribution in [1.82, 2.24) is 4.98 Å². The minimum atomic E-state index is -0.288. The summed E-state index contributed by atoms with van der Waals surface area (Å²) in [7, 11) is 1.55. The maximum Gasteiger partial charge on any atom is 0.138 e. The zero-order valence-electron chi connectivity index (χ0n) is 16.7. The Hall–Kier alpha value is -2.59. The smallest absolute Gasteiger partial charge is 0.138 e. The second-order valence-corrected chi connectivity index (χ2v) is 7.95. The topological polar surface area (TPSA) is 25.4 Å². The van der Waals surface area contributed by atoms with Crippen LogP contribution in [-0.4, -0.2) is 24.7 Å². The number of rotatable bonds is 5. The number of anilines is 1. The molecule has 0 radical (unpaired) electrons. The minimum absolute atomic E-state index is 0.288. The first-order chi connectivity index (χ1) is 14.1. The van der Waals surface area contributed by atoms with Crippen molar-refractivity contribution >= 4 is 17.4 Å². The van der Waals surface area contributed by atoms with Crippen molar-refractivity contribution in [2.24, 2.45) is 0 Å². The summed E-state index contributed by atoms with van der Waals surface area (Å²) in [5, 5.41) is 0.560. The van der Waals surface area contributed by atoms with Crippen LogP contribution in [0, 0.1) is 5.82 Å². The minimum Gasteiger partial charge on any atom is -0.496 e. The standard InChI is InChI=1S/C24H24ClFN2O/c1-16-5-4-12-28(16)22-11-8-17(15-27-22)13-19-9-10-21(29-2)23(24(19)26)18-6-3-7-20(25)14-18/h3,6-11,14-16H,4-5,12-13H2,1-2H3/t16-/m0/s1. The molecular weight excluding hydrogens is 387 g/mol. The third kappa shape index (κ3) is 4.08. The number of methoxy groups -OCH3 is 1. The molecule has 1 aliphatic heterocycles. The van der Waals surface area contributed by atoms with Crippen LogP contribution in [0.3, 0.4) is 0 Å². The van der Waals surface area contributed by atoms with Gasteiger partial charge in [-0.3, -0.25) is 0 Å². The van der Waals surface area contributed by atoms with E-state index in [0.29, 0.717) is 39.9 Å². The first-order valence-corrected chi connectivity index (χ1v) is 10.3. The van der Waals surface area contributed by atoms with Crippen molar-refractivity contribution in [1.29, 1.82) is 0 Å². The molecule has 0 spiro atoms. The van der Waals surface area contributed by atoms with Gasteiger partial charge in [-0.1, -0.05) is 35.9 Å². The number of ether oxygens (including phenoxy) is 1. The van der Waals surface area contributed by atoms with E-state index in [-0.39, 0.29) is 5.82 Å². The molecule has 3 nitrogen and oxygen atoms in total. The van der Waals surface area contributed by atoms with Crippen molar-refractivity contribution in [2.75, 3.05) is 18.6 Å². The fourth-order valence-electron chi connectivity index (χ4n) is 4.01. The maximum absolute atomic E-state index is 15.4. The fraction of sp³-hybridized carbons (Fsp3) is 0.292. The molecule has 0 amide bonds. The van der Waals surface area contributed by atoms with E-state index in [0.717, 1.165) is 17.9 Å². The first kappa shape index (κ1) is 19.7. The van der Waals surface area contributed by atoms with Crippen molar-refractivity contribution in [2.45, 2.75) is 32.2 Å². The highest BCUT2D eigenvalue weighted by Gasteiger charge is 2.21. The van der Waals surface area contributed by atoms with E-state index in [1.807, 2.05) is 36.5 Å². The number of hydrogen-bond acceptors (Lipinski definition) is 3. The number of aromatic nitrogens is 1. The summed E-state index contributed by atoms with van der Waals surface area (Å²) in [6.07, 6.45) is 4.72. The number of nitrogens with zero attached hydrogens (tertiary/aromatic N) is 2. The molecule has 0 unspecified atom stereocenters. The molecule has 3 aromatic rings. The predicted octanol–water partition coefficient (Wildman–Crippen LogP) is 6.13. The van der Waals surface area contributed by atoms with E-state index in [9.17, 15) is 0 Å². The summed E-state index contributed by atoms with van der Waals surface area (Å²) in [5.74, 6) is 1.20. The molecule has 1 fully saturated rings. The molecule has 2 aromatic carbocycles. The highest BCUT2D eigenvalue weighted by molar-refractivity contribution is 6.30. The van der Waals surface area contributed by atoms with Crippen LogP contribution in [0.1, 0.15) is 30.9 Å². The molecule has 1 atom stereocenters. The molecule has 0 bridgehead atoms. The van der Waals surface area contributed by atoms with Gasteiger partial charge in [-0.15, -0.1) is 0 Å². The van der Waals surface area contributed by atoms with Crippen LogP contribution >= 0.6 is 11.6 Å². The van der Waals surface area contributed by atoms with E-state index in [4.69, 9.17) is 16.3 Å². The van der Waals surface area contributed by atoms with Gasteiger partial charge in [0.25, 0.3) is 0 Å². The van der Waals surface area contributed by atoms with Gasteiger partial charge in [0.1, 0.15) is 17.4 Å². The summed E-state index contributed by atoms with van der Waals surface area (Å²) in [4.78, 5) is 6.95. The zero-order valence-corrected chi connectivity index (χ0v) is 17.4. The van der Waals surface area contributed by atoms with E-state index < -0.39 is 0 Å². The summed E-state index contributed by atoms with van der Waals surface area (Å²) in [6.45, 7) is 3.27. The van der Waals surface area contributed by atoms with Gasteiger partial charge < -0.3 is 9.64 Å². The lowest BCUT2D eigenvalue weighted by atomic mass is 9.97. The van der Waals surface area contributed by atoms with Gasteiger partial charge >= 0.3 is 0 Å². The Labute approximate surface area is 176 Å². The maximum atomic E-state index is 15.4. The molecule has 150 valence electrons. The Morgan fingerprint density at radius 3 is 2.72 bits per heavy atom. The Morgan fingerprint density at radius 1 is 1.21 bits per heavy atom. The number of hydrogen-bond donors (Lipinski definition) is 0. The summed E-state index contributed by atoms with van der Waals surface area (Å²) in [5.41, 5.74) is 2.71. The van der Waals surface area contributed by atoms with Crippen LogP contribution in [0.2, 0.25) is 5.02 Å². The van der Waals surface area contributed by atoms with Gasteiger partial charge in [-0.2, -0.15) is 0 Å². The van der Waals surface area contributed by atoms with Crippen LogP contribution in [0.4, 0.5) is 10.2 Å². The Kier molecular flexibility index (Phi) is 5.72. The molecule has 2 heterocycles. The SMILES string of the molecule is COc1ccc(Cc2ccc(N3CCC[C@@H]3C)nc2)c(F)c1-c1cccc(Cl)c1. The molecular formula is C24H24ClFN2O. The quantitative estimate of drug-likeness (QED) is 0.506. The van der Waals surface area contributed by atoms with Crippen LogP contribution in [0.25, 0.3) is 11.1 Å². The second kappa shape index (κ2) is 8.42. The van der Waals surface area contributed by atoms with Gasteiger partial charge in [0.2, 0.25) is 0 Å². The summed E-state index contributed by atoms with van der Waals surface area (Å²) >= 11 is 6.12. The monoisotopic (exact) mass is 410 g/mol. The van der Waals surface area contributed by atoms with Crippen LogP contribution in [0.5, 0.6) is 5.75 Å². The number of halogens is 2. The molecule has 1 aromatic heterocycles. The van der Waals surface area contributed by atoms with E-state index >= 15 is 4.39 Å². The second-order valence-electron chi connectivity index (χ2n) is 7.51. The molecule has 0 N–H and O–H groups in total. The Bertz CT molecular complexity index is 1010. The lowest BCUT2D eigenvalue weighted by Crippen LogP contribution is -2.27. The van der Waals surface area contributed by atoms with Gasteiger partial charge in [-0.25, -0.2) is 9.37 Å². The number of benzene rings is 2. The Balaban J connectivity index is 1.63. The normalized spacial score (nSPS) is 16.3. The van der Waals surface area contributed by atoms with E-state index in [1.165, 1.54) is 12.8 Å². The van der Waals surface area contributed by atoms with Crippen LogP contribution in [-0.2, 0) is 6.42 Å². The Morgan fingerprint density at radius 2 is 2.07 bits per heavy atom. The molecule has 0 aliphatic carbocycles. The largest absolute Gasteiger partial charge is 0.496 e. The van der Waals surface area contributed by atoms with Crippen LogP contribution < -0.4 is 9.64 Å². The lowest BCUT2D eigenvalue weighted by Gasteiger charge is -2.22. The highest BCUT2D eigenvalue weighted by atomic mass is 35.5. The molecule has 1 saturated heterocycles. The van der Waals surface area contributed by atoms with Gasteiger partial charge in [0.15, 0.2) is 0 Å². The molecule has 29 heavy (non-hydrogen) atoms. The van der Waals surface area contributed by atoms with Crippen molar-refractivity contribution in [3.63, 3.8) is 0 Å². The van der Waals surface area contributed by atoms with E-state index in [2.05, 4.69) is 16.8 Å². The molecule has 5 heteroatoms. The average Bonchev–Trinajstić information content (AvgIpc) is 3.15. The third-order valence-electron chi connectivity index (χ3n) is 5.57. The number of pyridine rings is 1. The molecule has 4 rings (SSSR count). The van der Waals surface area contributed by atoms with Crippen molar-refractivity contribution < 1.29 is 9.13 Å². The zero-order chi connectivity index (χ0) is 20.4. The van der Waals surface area contributed by atoms with Gasteiger partial charge in [-0.05, 0) is 60.7 Å². The van der Waals surface area contributed by atoms with Crippen molar-refractivity contribution in [3.8, 4) is 16.9 Å². The van der Waals surface area contributed by atoms with Gasteiger partial charge in [0.05, 0.1) is 12.7 Å². The van der Waals surface area contributed by atoms with Gasteiger partial charge in [0, 0.05) is 30.2 Å². The summed E-state index contributed by atoms with van der Waals surface area (Å²) in [6, 6.07) is 15.4.